The molecule has 0 unspecified atom stereocenters. The number of rotatable bonds is 9. The van der Waals surface area contributed by atoms with E-state index in [1.165, 1.54) is 0 Å². The molecule has 0 saturated heterocycles. The van der Waals surface area contributed by atoms with E-state index in [-0.39, 0.29) is 23.1 Å². The molecule has 0 fully saturated rings. The Morgan fingerprint density at radius 3 is 2.42 bits per heavy atom. The molecule has 31 heavy (non-hydrogen) atoms. The maximum Gasteiger partial charge on any atom is 0.404 e. The first-order chi connectivity index (χ1) is 14.5. The molecule has 0 saturated carbocycles. The van der Waals surface area contributed by atoms with Crippen molar-refractivity contribution in [3.05, 3.63) is 41.0 Å². The minimum Gasteiger partial charge on any atom is -0.465 e. The van der Waals surface area contributed by atoms with Crippen molar-refractivity contribution in [2.75, 3.05) is 10.6 Å². The number of amides is 2. The lowest BCUT2D eigenvalue weighted by Crippen LogP contribution is -2.45. The van der Waals surface area contributed by atoms with Crippen molar-refractivity contribution in [2.24, 2.45) is 11.7 Å². The molecule has 168 valence electrons. The lowest BCUT2D eigenvalue weighted by Gasteiger charge is -2.27. The van der Waals surface area contributed by atoms with E-state index >= 15 is 0 Å². The summed E-state index contributed by atoms with van der Waals surface area (Å²) in [6, 6.07) is 1.88. The van der Waals surface area contributed by atoms with Gasteiger partial charge in [-0.05, 0) is 50.8 Å². The van der Waals surface area contributed by atoms with Crippen LogP contribution in [-0.2, 0) is 0 Å². The van der Waals surface area contributed by atoms with Crippen LogP contribution >= 0.6 is 0 Å². The molecular formula is C21H29FN6O3. The second-order valence-corrected chi connectivity index (χ2v) is 7.95. The van der Waals surface area contributed by atoms with Crippen molar-refractivity contribution in [2.45, 2.75) is 53.1 Å². The normalized spacial score (nSPS) is 12.9. The van der Waals surface area contributed by atoms with Crippen LogP contribution in [0, 0.1) is 25.6 Å². The monoisotopic (exact) mass is 432 g/mol. The van der Waals surface area contributed by atoms with E-state index in [0.717, 1.165) is 17.3 Å². The lowest BCUT2D eigenvalue weighted by atomic mass is 9.98. The van der Waals surface area contributed by atoms with E-state index in [1.807, 2.05) is 33.8 Å². The van der Waals surface area contributed by atoms with Crippen molar-refractivity contribution in [1.82, 2.24) is 15.3 Å². The van der Waals surface area contributed by atoms with Crippen molar-refractivity contribution in [1.29, 1.82) is 0 Å². The third-order valence-electron chi connectivity index (χ3n) is 4.85. The zero-order valence-electron chi connectivity index (χ0n) is 18.3. The molecule has 0 radical (unpaired) electrons. The molecule has 2 atom stereocenters. The molecule has 0 spiro atoms. The first-order valence-corrected chi connectivity index (χ1v) is 9.94. The highest BCUT2D eigenvalue weighted by Gasteiger charge is 2.24. The zero-order valence-corrected chi connectivity index (χ0v) is 18.3. The molecule has 0 bridgehead atoms. The van der Waals surface area contributed by atoms with Crippen molar-refractivity contribution in [3.8, 4) is 0 Å². The number of carbonyl (C=O) groups excluding carboxylic acids is 1. The summed E-state index contributed by atoms with van der Waals surface area (Å²) in [6.07, 6.45) is 0.959. The highest BCUT2D eigenvalue weighted by atomic mass is 19.1. The Bertz CT molecular complexity index is 966. The first-order valence-electron chi connectivity index (χ1n) is 9.94. The highest BCUT2D eigenvalue weighted by molar-refractivity contribution is 5.98. The SMILES string of the molecule is Cc1cc(Nc2nc(N[C@H](CC(C)C)[C@H](C)NC(=O)O)c(F)cc2C(N)=O)cnc1C. The van der Waals surface area contributed by atoms with Crippen LogP contribution in [0.15, 0.2) is 18.3 Å². The number of nitrogens with two attached hydrogens (primary N) is 1. The maximum atomic E-state index is 14.8. The lowest BCUT2D eigenvalue weighted by molar-refractivity contribution is 0.100. The number of hydrogen-bond donors (Lipinski definition) is 5. The second-order valence-electron chi connectivity index (χ2n) is 7.95. The zero-order chi connectivity index (χ0) is 23.3. The first kappa shape index (κ1) is 23.8. The van der Waals surface area contributed by atoms with Crippen LogP contribution in [-0.4, -0.2) is 39.2 Å². The van der Waals surface area contributed by atoms with Crippen molar-refractivity contribution >= 4 is 29.3 Å². The van der Waals surface area contributed by atoms with Gasteiger partial charge in [0.05, 0.1) is 17.4 Å². The van der Waals surface area contributed by atoms with Crippen LogP contribution in [0.2, 0.25) is 0 Å². The van der Waals surface area contributed by atoms with E-state index in [2.05, 4.69) is 25.9 Å². The van der Waals surface area contributed by atoms with Gasteiger partial charge in [0, 0.05) is 17.8 Å². The van der Waals surface area contributed by atoms with Crippen LogP contribution in [0.25, 0.3) is 0 Å². The van der Waals surface area contributed by atoms with E-state index in [0.29, 0.717) is 12.1 Å². The summed E-state index contributed by atoms with van der Waals surface area (Å²) in [6.45, 7) is 9.39. The van der Waals surface area contributed by atoms with E-state index in [4.69, 9.17) is 10.8 Å². The van der Waals surface area contributed by atoms with Gasteiger partial charge in [0.2, 0.25) is 0 Å². The summed E-state index contributed by atoms with van der Waals surface area (Å²) in [4.78, 5) is 31.4. The maximum absolute atomic E-state index is 14.8. The highest BCUT2D eigenvalue weighted by Crippen LogP contribution is 2.26. The molecule has 9 nitrogen and oxygen atoms in total. The van der Waals surface area contributed by atoms with E-state index in [1.54, 1.807) is 13.1 Å². The van der Waals surface area contributed by atoms with E-state index < -0.39 is 29.9 Å². The van der Waals surface area contributed by atoms with Crippen LogP contribution in [0.3, 0.4) is 0 Å². The Balaban J connectivity index is 2.42. The van der Waals surface area contributed by atoms with Gasteiger partial charge in [-0.15, -0.1) is 0 Å². The molecule has 0 aliphatic rings. The molecule has 2 heterocycles. The topological polar surface area (TPSA) is 142 Å². The van der Waals surface area contributed by atoms with Gasteiger partial charge in [0.1, 0.15) is 5.82 Å². The number of carboxylic acid groups (broad SMARTS) is 1. The number of primary amides is 1. The van der Waals surface area contributed by atoms with Crippen LogP contribution in [0.1, 0.15) is 48.8 Å². The molecular weight excluding hydrogens is 403 g/mol. The smallest absolute Gasteiger partial charge is 0.404 e. The minimum atomic E-state index is -1.18. The van der Waals surface area contributed by atoms with Gasteiger partial charge >= 0.3 is 6.09 Å². The Morgan fingerprint density at radius 1 is 1.19 bits per heavy atom. The van der Waals surface area contributed by atoms with Gasteiger partial charge in [0.15, 0.2) is 11.6 Å². The molecule has 10 heteroatoms. The summed E-state index contributed by atoms with van der Waals surface area (Å²) in [7, 11) is 0. The molecule has 6 N–H and O–H groups in total. The fourth-order valence-electron chi connectivity index (χ4n) is 3.09. The van der Waals surface area contributed by atoms with Gasteiger partial charge in [-0.3, -0.25) is 9.78 Å². The van der Waals surface area contributed by atoms with Crippen LogP contribution < -0.4 is 21.7 Å². The number of aryl methyl sites for hydroxylation is 2. The summed E-state index contributed by atoms with van der Waals surface area (Å²) in [5.74, 6) is -1.44. The number of anilines is 3. The fraction of sp³-hybridized carbons (Fsp3) is 0.429. The van der Waals surface area contributed by atoms with Gasteiger partial charge in [-0.25, -0.2) is 14.2 Å². The summed E-state index contributed by atoms with van der Waals surface area (Å²) < 4.78 is 14.8. The van der Waals surface area contributed by atoms with Gasteiger partial charge in [-0.1, -0.05) is 13.8 Å². The quantitative estimate of drug-likeness (QED) is 0.408. The van der Waals surface area contributed by atoms with Gasteiger partial charge in [0.25, 0.3) is 5.91 Å². The average molecular weight is 433 g/mol. The minimum absolute atomic E-state index is 0.0728. The summed E-state index contributed by atoms with van der Waals surface area (Å²) >= 11 is 0. The predicted molar refractivity (Wildman–Crippen MR) is 117 cm³/mol. The number of pyridine rings is 2. The van der Waals surface area contributed by atoms with E-state index in [9.17, 15) is 14.0 Å². The van der Waals surface area contributed by atoms with Crippen LogP contribution in [0.4, 0.5) is 26.5 Å². The molecule has 0 aliphatic heterocycles. The summed E-state index contributed by atoms with van der Waals surface area (Å²) in [5.41, 5.74) is 7.65. The predicted octanol–water partition coefficient (Wildman–Crippen LogP) is 3.56. The van der Waals surface area contributed by atoms with Gasteiger partial charge < -0.3 is 26.8 Å². The second kappa shape index (κ2) is 10.1. The third-order valence-corrected chi connectivity index (χ3v) is 4.85. The molecule has 0 aliphatic carbocycles. The summed E-state index contributed by atoms with van der Waals surface area (Å²) in [5, 5.41) is 17.4. The number of hydrogen-bond acceptors (Lipinski definition) is 6. The largest absolute Gasteiger partial charge is 0.465 e. The number of nitrogens with zero attached hydrogens (tertiary/aromatic N) is 2. The Hall–Kier alpha value is -3.43. The van der Waals surface area contributed by atoms with Crippen molar-refractivity contribution in [3.63, 3.8) is 0 Å². The Morgan fingerprint density at radius 2 is 1.87 bits per heavy atom. The molecule has 2 aromatic rings. The Kier molecular flexibility index (Phi) is 7.73. The van der Waals surface area contributed by atoms with Crippen molar-refractivity contribution < 1.29 is 19.1 Å². The van der Waals surface area contributed by atoms with Gasteiger partial charge in [-0.2, -0.15) is 0 Å². The third kappa shape index (κ3) is 6.53. The Labute approximate surface area is 180 Å². The number of nitrogens with one attached hydrogen (secondary N) is 3. The standard InChI is InChI=1S/C21H29FN6O3/c1-10(2)6-17(13(5)25-21(30)31)27-20-16(22)8-15(18(23)29)19(28-20)26-14-7-11(3)12(4)24-9-14/h7-10,13,17,25H,6H2,1-5H3,(H2,23,29)(H,30,31)(H2,26,27,28)/t13-,17+/m0/s1. The number of aromatic nitrogens is 2. The fourth-order valence-corrected chi connectivity index (χ4v) is 3.09. The molecule has 2 aromatic heterocycles. The average Bonchev–Trinajstić information content (AvgIpc) is 2.65. The van der Waals surface area contributed by atoms with Crippen LogP contribution in [0.5, 0.6) is 0 Å². The molecule has 0 aromatic carbocycles. The molecule has 2 amide bonds. The number of carbonyl (C=O) groups is 2. The number of halogens is 1. The molecule has 2 rings (SSSR count).